The van der Waals surface area contributed by atoms with Gasteiger partial charge in [-0.3, -0.25) is 4.90 Å². The van der Waals surface area contributed by atoms with E-state index in [0.717, 1.165) is 36.9 Å². The van der Waals surface area contributed by atoms with Crippen LogP contribution in [0.3, 0.4) is 0 Å². The smallest absolute Gasteiger partial charge is 0.123 e. The Kier molecular flexibility index (Phi) is 6.64. The summed E-state index contributed by atoms with van der Waals surface area (Å²) in [6.07, 6.45) is 2.52. The van der Waals surface area contributed by atoms with Crippen molar-refractivity contribution in [1.29, 1.82) is 0 Å². The molecule has 2 heterocycles. The Morgan fingerprint density at radius 3 is 2.37 bits per heavy atom. The minimum absolute atomic E-state index is 0.191. The zero-order valence-electron chi connectivity index (χ0n) is 17.3. The number of halogens is 1. The monoisotopic (exact) mass is 425 g/mol. The van der Waals surface area contributed by atoms with Gasteiger partial charge in [0.1, 0.15) is 18.1 Å². The number of benzene rings is 2. The largest absolute Gasteiger partial charge is 0.396 e. The van der Waals surface area contributed by atoms with Gasteiger partial charge in [0.15, 0.2) is 0 Å². The first-order valence-corrected chi connectivity index (χ1v) is 11.4. The van der Waals surface area contributed by atoms with E-state index in [0.29, 0.717) is 6.73 Å². The molecule has 4 rings (SSSR count). The zero-order chi connectivity index (χ0) is 21.0. The Labute approximate surface area is 181 Å². The fourth-order valence-electron chi connectivity index (χ4n) is 4.20. The molecule has 0 bridgehead atoms. The number of hydrogen-bond donors (Lipinski definition) is 1. The van der Waals surface area contributed by atoms with Crippen molar-refractivity contribution in [2.75, 3.05) is 19.9 Å². The van der Waals surface area contributed by atoms with Gasteiger partial charge in [-0.1, -0.05) is 42.5 Å². The van der Waals surface area contributed by atoms with E-state index in [-0.39, 0.29) is 24.1 Å². The fraction of sp³-hybridized carbons (Fsp3) is 0.360. The number of hydrogen-bond acceptors (Lipinski definition) is 4. The van der Waals surface area contributed by atoms with Crippen LogP contribution in [0.1, 0.15) is 42.7 Å². The summed E-state index contributed by atoms with van der Waals surface area (Å²) in [7, 11) is 0. The second kappa shape index (κ2) is 9.40. The van der Waals surface area contributed by atoms with Crippen LogP contribution in [-0.4, -0.2) is 29.9 Å². The van der Waals surface area contributed by atoms with E-state index in [2.05, 4.69) is 53.6 Å². The van der Waals surface area contributed by atoms with Gasteiger partial charge >= 0.3 is 0 Å². The van der Waals surface area contributed by atoms with Crippen LogP contribution in [0.15, 0.2) is 66.0 Å². The van der Waals surface area contributed by atoms with Crippen molar-refractivity contribution >= 4 is 11.3 Å². The van der Waals surface area contributed by atoms with Gasteiger partial charge in [0.05, 0.1) is 0 Å². The lowest BCUT2D eigenvalue weighted by Gasteiger charge is -2.43. The molecule has 1 aliphatic rings. The average molecular weight is 426 g/mol. The van der Waals surface area contributed by atoms with Gasteiger partial charge in [-0.05, 0) is 66.5 Å². The lowest BCUT2D eigenvalue weighted by molar-refractivity contribution is -0.157. The first-order chi connectivity index (χ1) is 14.6. The molecule has 0 radical (unpaired) electrons. The average Bonchev–Trinajstić information content (AvgIpc) is 3.34. The Balaban J connectivity index is 1.43. The van der Waals surface area contributed by atoms with Gasteiger partial charge in [-0.2, -0.15) is 0 Å². The van der Waals surface area contributed by atoms with Crippen LogP contribution in [-0.2, 0) is 10.3 Å². The number of thiophene rings is 1. The van der Waals surface area contributed by atoms with E-state index in [1.165, 1.54) is 22.6 Å². The molecule has 3 aromatic rings. The number of ether oxygens (including phenoxy) is 1. The molecule has 0 aliphatic carbocycles. The highest BCUT2D eigenvalue weighted by atomic mass is 32.1. The van der Waals surface area contributed by atoms with Crippen LogP contribution in [0, 0.1) is 5.82 Å². The predicted octanol–water partition coefficient (Wildman–Crippen LogP) is 5.96. The lowest BCUT2D eigenvalue weighted by atomic mass is 9.90. The molecule has 2 atom stereocenters. The summed E-state index contributed by atoms with van der Waals surface area (Å²) >= 11 is 1.74. The molecule has 1 aromatic heterocycles. The van der Waals surface area contributed by atoms with Crippen molar-refractivity contribution in [2.45, 2.75) is 37.8 Å². The summed E-state index contributed by atoms with van der Waals surface area (Å²) in [6.45, 7) is 3.92. The zero-order valence-corrected chi connectivity index (χ0v) is 18.1. The molecule has 1 N–H and O–H groups in total. The quantitative estimate of drug-likeness (QED) is 0.507. The maximum absolute atomic E-state index is 13.2. The molecular weight excluding hydrogens is 397 g/mol. The highest BCUT2D eigenvalue weighted by Crippen LogP contribution is 2.41. The van der Waals surface area contributed by atoms with Gasteiger partial charge in [0.2, 0.25) is 0 Å². The SMILES string of the molecule is CC(c1ccc(-c2ccc(F)cc2)cc1)N1CCC(CCCO)(c2cccs2)OC1. The summed E-state index contributed by atoms with van der Waals surface area (Å²) in [5.41, 5.74) is 3.06. The van der Waals surface area contributed by atoms with E-state index in [1.54, 1.807) is 11.3 Å². The lowest BCUT2D eigenvalue weighted by Crippen LogP contribution is -2.45. The Morgan fingerprint density at radius 1 is 1.10 bits per heavy atom. The van der Waals surface area contributed by atoms with Crippen LogP contribution >= 0.6 is 11.3 Å². The third kappa shape index (κ3) is 4.49. The van der Waals surface area contributed by atoms with E-state index < -0.39 is 0 Å². The molecule has 2 unspecified atom stereocenters. The number of aliphatic hydroxyl groups is 1. The Hall–Kier alpha value is -2.05. The van der Waals surface area contributed by atoms with Crippen molar-refractivity contribution in [3.05, 3.63) is 82.3 Å². The predicted molar refractivity (Wildman–Crippen MR) is 120 cm³/mol. The minimum atomic E-state index is -0.278. The molecule has 1 fully saturated rings. The van der Waals surface area contributed by atoms with Gasteiger partial charge in [0, 0.05) is 24.1 Å². The van der Waals surface area contributed by atoms with Gasteiger partial charge in [-0.15, -0.1) is 11.3 Å². The van der Waals surface area contributed by atoms with Crippen molar-refractivity contribution in [2.24, 2.45) is 0 Å². The normalized spacial score (nSPS) is 20.9. The van der Waals surface area contributed by atoms with Gasteiger partial charge in [0.25, 0.3) is 0 Å². The van der Waals surface area contributed by atoms with Crippen LogP contribution in [0.4, 0.5) is 4.39 Å². The van der Waals surface area contributed by atoms with Crippen molar-refractivity contribution in [3.8, 4) is 11.1 Å². The molecule has 5 heteroatoms. The van der Waals surface area contributed by atoms with Crippen LogP contribution in [0.5, 0.6) is 0 Å². The highest BCUT2D eigenvalue weighted by Gasteiger charge is 2.38. The van der Waals surface area contributed by atoms with E-state index in [9.17, 15) is 9.50 Å². The third-order valence-corrected chi connectivity index (χ3v) is 7.19. The highest BCUT2D eigenvalue weighted by molar-refractivity contribution is 7.10. The van der Waals surface area contributed by atoms with Crippen molar-refractivity contribution in [1.82, 2.24) is 4.90 Å². The molecule has 0 amide bonds. The molecule has 1 saturated heterocycles. The van der Waals surface area contributed by atoms with E-state index in [4.69, 9.17) is 4.74 Å². The number of nitrogens with zero attached hydrogens (tertiary/aromatic N) is 1. The minimum Gasteiger partial charge on any atom is -0.396 e. The molecule has 158 valence electrons. The van der Waals surface area contributed by atoms with Gasteiger partial charge in [-0.25, -0.2) is 4.39 Å². The first kappa shape index (κ1) is 21.2. The van der Waals surface area contributed by atoms with Crippen LogP contribution < -0.4 is 0 Å². The second-order valence-corrected chi connectivity index (χ2v) is 8.89. The maximum atomic E-state index is 13.2. The molecular formula is C25H28FNO2S. The molecule has 1 aliphatic heterocycles. The Morgan fingerprint density at radius 2 is 1.80 bits per heavy atom. The molecule has 0 saturated carbocycles. The fourth-order valence-corrected chi connectivity index (χ4v) is 5.14. The molecule has 0 spiro atoms. The van der Waals surface area contributed by atoms with Crippen molar-refractivity contribution in [3.63, 3.8) is 0 Å². The maximum Gasteiger partial charge on any atom is 0.123 e. The Bertz CT molecular complexity index is 917. The summed E-state index contributed by atoms with van der Waals surface area (Å²) in [4.78, 5) is 3.62. The molecule has 2 aromatic carbocycles. The summed E-state index contributed by atoms with van der Waals surface area (Å²) in [5, 5.41) is 11.4. The topological polar surface area (TPSA) is 32.7 Å². The standard InChI is InChI=1S/C25H28FNO2S/c1-19(20-5-7-21(8-6-20)22-9-11-23(26)12-10-22)27-15-14-25(29-18-27,13-3-16-28)24-4-2-17-30-24/h2,4-12,17,19,28H,3,13-16,18H2,1H3. The van der Waals surface area contributed by atoms with Crippen LogP contribution in [0.25, 0.3) is 11.1 Å². The van der Waals surface area contributed by atoms with Crippen molar-refractivity contribution < 1.29 is 14.2 Å². The first-order valence-electron chi connectivity index (χ1n) is 10.5. The summed E-state index contributed by atoms with van der Waals surface area (Å²) in [5.74, 6) is -0.216. The molecule has 3 nitrogen and oxygen atoms in total. The summed E-state index contributed by atoms with van der Waals surface area (Å²) in [6, 6.07) is 19.6. The third-order valence-electron chi connectivity index (χ3n) is 6.14. The van der Waals surface area contributed by atoms with Gasteiger partial charge < -0.3 is 9.84 Å². The number of aliphatic hydroxyl groups excluding tert-OH is 1. The van der Waals surface area contributed by atoms with E-state index in [1.807, 2.05) is 12.1 Å². The number of rotatable bonds is 7. The van der Waals surface area contributed by atoms with E-state index >= 15 is 0 Å². The second-order valence-electron chi connectivity index (χ2n) is 7.94. The van der Waals surface area contributed by atoms with Crippen LogP contribution in [0.2, 0.25) is 0 Å². The molecule has 30 heavy (non-hydrogen) atoms. The summed E-state index contributed by atoms with van der Waals surface area (Å²) < 4.78 is 19.6.